The predicted octanol–water partition coefficient (Wildman–Crippen LogP) is 1.78. The van der Waals surface area contributed by atoms with Crippen LogP contribution in [0.25, 0.3) is 0 Å². The summed E-state index contributed by atoms with van der Waals surface area (Å²) < 4.78 is 0. The molecule has 0 aliphatic heterocycles. The van der Waals surface area contributed by atoms with Crippen LogP contribution in [0.3, 0.4) is 0 Å². The quantitative estimate of drug-likeness (QED) is 0.130. The van der Waals surface area contributed by atoms with E-state index in [0.29, 0.717) is 19.8 Å². The van der Waals surface area contributed by atoms with Gasteiger partial charge in [0.25, 0.3) is 0 Å². The summed E-state index contributed by atoms with van der Waals surface area (Å²) >= 11 is 0. The molecule has 0 radical (unpaired) electrons. The van der Waals surface area contributed by atoms with Gasteiger partial charge in [-0.1, -0.05) is 99.3 Å². The Labute approximate surface area is 302 Å². The molecule has 0 rings (SSSR count). The molecule has 0 saturated carbocycles. The average Bonchev–Trinajstić information content (AvgIpc) is 2.66. The molecule has 0 fully saturated rings. The minimum absolute atomic E-state index is 0. The Morgan fingerprint density at radius 2 is 0.588 bits per heavy atom. The summed E-state index contributed by atoms with van der Waals surface area (Å²) in [5.41, 5.74) is 0. The van der Waals surface area contributed by atoms with E-state index in [-0.39, 0.29) is 113 Å². The van der Waals surface area contributed by atoms with Crippen molar-refractivity contribution in [2.75, 3.05) is 19.8 Å². The zero-order chi connectivity index (χ0) is 24.9. The second kappa shape index (κ2) is 49.5. The van der Waals surface area contributed by atoms with Gasteiger partial charge in [-0.25, -0.2) is 0 Å². The van der Waals surface area contributed by atoms with E-state index in [1.54, 1.807) is 0 Å². The number of hydrogen-bond acceptors (Lipinski definition) is 6. The van der Waals surface area contributed by atoms with Crippen molar-refractivity contribution in [2.45, 2.75) is 119 Å². The summed E-state index contributed by atoms with van der Waals surface area (Å²) in [6.07, 6.45) is 14.2. The van der Waals surface area contributed by atoms with Gasteiger partial charge >= 0.3 is 121 Å². The molecule has 0 bridgehead atoms. The van der Waals surface area contributed by atoms with Gasteiger partial charge in [-0.3, -0.25) is 0 Å². The summed E-state index contributed by atoms with van der Waals surface area (Å²) in [6.45, 7) is 14.5. The van der Waals surface area contributed by atoms with Crippen LogP contribution in [0.4, 0.5) is 0 Å². The Morgan fingerprint density at radius 1 is 0.412 bits per heavy atom. The topological polar surface area (TPSA) is 121 Å². The van der Waals surface area contributed by atoms with Gasteiger partial charge in [0.1, 0.15) is 0 Å². The Hall–Kier alpha value is 3.60. The van der Waals surface area contributed by atoms with Crippen molar-refractivity contribution in [1.29, 1.82) is 0 Å². The van der Waals surface area contributed by atoms with Crippen molar-refractivity contribution in [3.63, 3.8) is 0 Å². The molecule has 6 N–H and O–H groups in total. The van der Waals surface area contributed by atoms with E-state index in [9.17, 15) is 0 Å². The van der Waals surface area contributed by atoms with Gasteiger partial charge in [-0.15, -0.1) is 0 Å². The summed E-state index contributed by atoms with van der Waals surface area (Å²) in [4.78, 5) is 0. The first-order valence-corrected chi connectivity index (χ1v) is 12.4. The fourth-order valence-corrected chi connectivity index (χ4v) is 2.52. The van der Waals surface area contributed by atoms with E-state index in [2.05, 4.69) is 41.5 Å². The molecule has 0 amide bonds. The van der Waals surface area contributed by atoms with E-state index in [0.717, 1.165) is 37.0 Å². The zero-order valence-electron chi connectivity index (χ0n) is 21.6. The van der Waals surface area contributed by atoms with Crippen LogP contribution in [0.15, 0.2) is 0 Å². The van der Waals surface area contributed by atoms with Gasteiger partial charge < -0.3 is 30.4 Å². The minimum atomic E-state index is -2.17. The molecule has 0 heterocycles. The van der Waals surface area contributed by atoms with E-state index in [1.807, 2.05) is 0 Å². The molecule has 0 aromatic rings. The first kappa shape index (κ1) is 53.8. The standard InChI is InChI=1S/3C8H18O.BH3O3.3Ca.6H/c3*1-8(2)6-4-3-5-7-9;2-1(3)4;;;;;;;;;/h3*8-9H,3-7H2,1-2H3;2-4H;;;;;;;;;. The maximum absolute atomic E-state index is 8.43. The third kappa shape index (κ3) is 91.3. The fourth-order valence-electron chi connectivity index (χ4n) is 2.52. The summed E-state index contributed by atoms with van der Waals surface area (Å²) in [5, 5.41) is 46.8. The second-order valence-corrected chi connectivity index (χ2v) is 9.25. The molecule has 0 atom stereocenters. The Morgan fingerprint density at radius 3 is 0.706 bits per heavy atom. The number of unbranched alkanes of at least 4 members (excludes halogenated alkanes) is 6. The van der Waals surface area contributed by atoms with Gasteiger partial charge in [-0.05, 0) is 37.0 Å². The van der Waals surface area contributed by atoms with Crippen molar-refractivity contribution < 1.29 is 30.4 Å². The number of rotatable bonds is 15. The zero-order valence-corrected chi connectivity index (χ0v) is 21.6. The monoisotopic (exact) mass is 578 g/mol. The average molecular weight is 579 g/mol. The van der Waals surface area contributed by atoms with Crippen LogP contribution in [0.5, 0.6) is 0 Å². The van der Waals surface area contributed by atoms with Crippen molar-refractivity contribution in [1.82, 2.24) is 0 Å². The van der Waals surface area contributed by atoms with Crippen LogP contribution in [-0.2, 0) is 0 Å². The molecule has 0 aliphatic rings. The van der Waals surface area contributed by atoms with Gasteiger partial charge in [0.15, 0.2) is 0 Å². The Bertz CT molecular complexity index is 251. The van der Waals surface area contributed by atoms with E-state index in [1.165, 1.54) is 57.8 Å². The number of aliphatic hydroxyl groups excluding tert-OH is 3. The molecular formula is C24H63BCa3O6. The number of hydrogen-bond donors (Lipinski definition) is 6. The molecule has 0 saturated heterocycles. The van der Waals surface area contributed by atoms with Crippen LogP contribution in [-0.4, -0.2) is 171 Å². The van der Waals surface area contributed by atoms with Gasteiger partial charge in [0.05, 0.1) is 0 Å². The molecule has 0 aliphatic carbocycles. The van der Waals surface area contributed by atoms with Crippen molar-refractivity contribution in [3.8, 4) is 0 Å². The maximum atomic E-state index is 8.43. The SMILES string of the molecule is CC(C)CCCCCO.CC(C)CCCCCO.CC(C)CCCCCO.OB(O)O.[CaH2].[CaH2].[CaH2]. The number of aliphatic hydroxyl groups is 3. The summed E-state index contributed by atoms with van der Waals surface area (Å²) in [6, 6.07) is 0. The summed E-state index contributed by atoms with van der Waals surface area (Å²) in [7, 11) is -2.17. The van der Waals surface area contributed by atoms with Crippen molar-refractivity contribution in [3.05, 3.63) is 0 Å². The van der Waals surface area contributed by atoms with Crippen molar-refractivity contribution >= 4 is 121 Å². The Kier molecular flexibility index (Phi) is 78.4. The van der Waals surface area contributed by atoms with Crippen LogP contribution in [0.2, 0.25) is 0 Å². The van der Waals surface area contributed by atoms with Crippen LogP contribution in [0, 0.1) is 17.8 Å². The fraction of sp³-hybridized carbons (Fsp3) is 1.00. The van der Waals surface area contributed by atoms with E-state index < -0.39 is 7.32 Å². The van der Waals surface area contributed by atoms with Crippen LogP contribution >= 0.6 is 0 Å². The first-order chi connectivity index (χ1) is 14.5. The summed E-state index contributed by atoms with van der Waals surface area (Å²) in [5.74, 6) is 2.47. The van der Waals surface area contributed by atoms with Crippen LogP contribution in [0.1, 0.15) is 119 Å². The molecule has 0 spiro atoms. The van der Waals surface area contributed by atoms with Gasteiger partial charge in [0, 0.05) is 19.8 Å². The molecule has 0 aromatic heterocycles. The van der Waals surface area contributed by atoms with Crippen LogP contribution < -0.4 is 0 Å². The molecule has 34 heavy (non-hydrogen) atoms. The second-order valence-electron chi connectivity index (χ2n) is 9.25. The molecule has 6 nitrogen and oxygen atoms in total. The predicted molar refractivity (Wildman–Crippen MR) is 159 cm³/mol. The van der Waals surface area contributed by atoms with E-state index in [4.69, 9.17) is 30.4 Å². The molecule has 0 aromatic carbocycles. The Balaban J connectivity index is -0.0000000572. The third-order valence-corrected chi connectivity index (χ3v) is 4.32. The molecular weight excluding hydrogens is 515 g/mol. The van der Waals surface area contributed by atoms with Gasteiger partial charge in [-0.2, -0.15) is 0 Å². The van der Waals surface area contributed by atoms with E-state index >= 15 is 0 Å². The first-order valence-electron chi connectivity index (χ1n) is 12.4. The molecule has 204 valence electrons. The van der Waals surface area contributed by atoms with Crippen molar-refractivity contribution in [2.24, 2.45) is 17.8 Å². The third-order valence-electron chi connectivity index (χ3n) is 4.32. The molecule has 10 heteroatoms. The normalized spacial score (nSPS) is 9.26. The molecule has 0 unspecified atom stereocenters. The van der Waals surface area contributed by atoms with Gasteiger partial charge in [0.2, 0.25) is 0 Å².